The molecule has 33 heavy (non-hydrogen) atoms. The number of furan rings is 2. The summed E-state index contributed by atoms with van der Waals surface area (Å²) < 4.78 is 17.2. The summed E-state index contributed by atoms with van der Waals surface area (Å²) in [6.45, 7) is -0.768. The van der Waals surface area contributed by atoms with Gasteiger partial charge in [-0.3, -0.25) is 0 Å². The number of aromatic nitrogens is 2. The van der Waals surface area contributed by atoms with Gasteiger partial charge in [0.25, 0.3) is 5.89 Å². The zero-order chi connectivity index (χ0) is 22.6. The van der Waals surface area contributed by atoms with E-state index in [2.05, 4.69) is 21.4 Å². The molecule has 1 fully saturated rings. The quantitative estimate of drug-likeness (QED) is 0.345. The fraction of sp³-hybridized carbons (Fsp3) is 0.250. The average Bonchev–Trinajstić information content (AvgIpc) is 3.24. The van der Waals surface area contributed by atoms with Crippen molar-refractivity contribution in [3.63, 3.8) is 0 Å². The maximum Gasteiger partial charge on any atom is 0.258 e. The molecule has 9 heteroatoms. The van der Waals surface area contributed by atoms with Gasteiger partial charge in [0.1, 0.15) is 34.8 Å². The molecule has 3 heterocycles. The van der Waals surface area contributed by atoms with Gasteiger partial charge in [-0.25, -0.2) is 0 Å². The SMILES string of the molecule is NC(CO)(CN=O)c1cc2cc(-c3noc(-c4ccc5oc(C6CC6)cc5c4)n3)ccc2o1. The van der Waals surface area contributed by atoms with Crippen molar-refractivity contribution < 1.29 is 18.5 Å². The zero-order valence-electron chi connectivity index (χ0n) is 17.5. The molecule has 9 nitrogen and oxygen atoms in total. The van der Waals surface area contributed by atoms with Crippen molar-refractivity contribution in [2.45, 2.75) is 24.3 Å². The lowest BCUT2D eigenvalue weighted by Crippen LogP contribution is -2.43. The molecule has 0 radical (unpaired) electrons. The normalized spacial score (nSPS) is 15.8. The second kappa shape index (κ2) is 7.36. The highest BCUT2D eigenvalue weighted by atomic mass is 16.5. The Hall–Kier alpha value is -3.82. The van der Waals surface area contributed by atoms with Crippen LogP contribution in [0.3, 0.4) is 0 Å². The van der Waals surface area contributed by atoms with Crippen LogP contribution in [-0.2, 0) is 5.54 Å². The first kappa shape index (κ1) is 19.8. The lowest BCUT2D eigenvalue weighted by atomic mass is 9.99. The molecule has 0 aliphatic heterocycles. The van der Waals surface area contributed by atoms with Gasteiger partial charge in [-0.1, -0.05) is 10.3 Å². The Labute approximate surface area is 187 Å². The van der Waals surface area contributed by atoms with E-state index in [1.807, 2.05) is 24.3 Å². The molecule has 0 bridgehead atoms. The Morgan fingerprint density at radius 2 is 1.76 bits per heavy atom. The third-order valence-corrected chi connectivity index (χ3v) is 6.08. The van der Waals surface area contributed by atoms with E-state index in [0.717, 1.165) is 33.2 Å². The maximum absolute atomic E-state index is 10.7. The molecule has 0 spiro atoms. The van der Waals surface area contributed by atoms with Crippen molar-refractivity contribution in [1.82, 2.24) is 10.1 Å². The van der Waals surface area contributed by atoms with E-state index in [4.69, 9.17) is 19.1 Å². The van der Waals surface area contributed by atoms with Crippen molar-refractivity contribution in [2.75, 3.05) is 13.2 Å². The molecule has 6 rings (SSSR count). The van der Waals surface area contributed by atoms with Crippen LogP contribution >= 0.6 is 0 Å². The number of rotatable bonds is 7. The Morgan fingerprint density at radius 3 is 2.52 bits per heavy atom. The number of hydrogen-bond donors (Lipinski definition) is 2. The first-order chi connectivity index (χ1) is 16.1. The van der Waals surface area contributed by atoms with Crippen LogP contribution in [0.2, 0.25) is 0 Å². The molecule has 1 unspecified atom stereocenters. The second-order valence-corrected chi connectivity index (χ2v) is 8.56. The molecule has 1 atom stereocenters. The van der Waals surface area contributed by atoms with E-state index in [-0.39, 0.29) is 12.3 Å². The summed E-state index contributed by atoms with van der Waals surface area (Å²) in [4.78, 5) is 15.3. The van der Waals surface area contributed by atoms with Gasteiger partial charge in [0.15, 0.2) is 0 Å². The second-order valence-electron chi connectivity index (χ2n) is 8.56. The van der Waals surface area contributed by atoms with E-state index < -0.39 is 12.1 Å². The average molecular weight is 444 g/mol. The minimum atomic E-state index is -1.37. The predicted octanol–water partition coefficient (Wildman–Crippen LogP) is 4.69. The fourth-order valence-corrected chi connectivity index (χ4v) is 3.97. The maximum atomic E-state index is 10.7. The van der Waals surface area contributed by atoms with Crippen LogP contribution in [0.5, 0.6) is 0 Å². The number of aliphatic hydroxyl groups excluding tert-OH is 1. The van der Waals surface area contributed by atoms with Crippen LogP contribution in [0.4, 0.5) is 0 Å². The summed E-state index contributed by atoms with van der Waals surface area (Å²) in [6, 6.07) is 15.0. The Bertz CT molecular complexity index is 1500. The van der Waals surface area contributed by atoms with Crippen molar-refractivity contribution in [3.05, 3.63) is 65.0 Å². The van der Waals surface area contributed by atoms with E-state index in [1.54, 1.807) is 18.2 Å². The lowest BCUT2D eigenvalue weighted by Gasteiger charge is -2.20. The molecular weight excluding hydrogens is 424 g/mol. The molecule has 0 saturated heterocycles. The highest BCUT2D eigenvalue weighted by Crippen LogP contribution is 2.42. The molecule has 2 aromatic carbocycles. The Kier molecular flexibility index (Phi) is 4.42. The summed E-state index contributed by atoms with van der Waals surface area (Å²) in [5.74, 6) is 2.70. The van der Waals surface area contributed by atoms with Gasteiger partial charge in [0.05, 0.1) is 6.61 Å². The van der Waals surface area contributed by atoms with Gasteiger partial charge in [0, 0.05) is 27.8 Å². The van der Waals surface area contributed by atoms with Gasteiger partial charge >= 0.3 is 0 Å². The highest BCUT2D eigenvalue weighted by Gasteiger charge is 2.31. The number of nitrogens with two attached hydrogens (primary N) is 1. The molecular formula is C24H20N4O5. The zero-order valence-corrected chi connectivity index (χ0v) is 17.5. The van der Waals surface area contributed by atoms with Crippen molar-refractivity contribution in [3.8, 4) is 22.8 Å². The number of nitrogens with zero attached hydrogens (tertiary/aromatic N) is 3. The van der Waals surface area contributed by atoms with E-state index in [1.165, 1.54) is 12.8 Å². The molecule has 0 amide bonds. The molecule has 3 N–H and O–H groups in total. The molecule has 1 aliphatic carbocycles. The Balaban J connectivity index is 1.32. The first-order valence-electron chi connectivity index (χ1n) is 10.7. The molecule has 1 saturated carbocycles. The first-order valence-corrected chi connectivity index (χ1v) is 10.7. The minimum Gasteiger partial charge on any atom is -0.461 e. The number of nitroso groups, excluding NO2 is 1. The fourth-order valence-electron chi connectivity index (χ4n) is 3.97. The number of hydrogen-bond acceptors (Lipinski definition) is 9. The number of aliphatic hydroxyl groups is 1. The van der Waals surface area contributed by atoms with Crippen LogP contribution in [0.15, 0.2) is 67.1 Å². The molecule has 5 aromatic rings. The molecule has 166 valence electrons. The molecule has 1 aliphatic rings. The summed E-state index contributed by atoms with van der Waals surface area (Å²) in [5, 5.41) is 18.3. The monoisotopic (exact) mass is 444 g/mol. The van der Waals surface area contributed by atoms with E-state index >= 15 is 0 Å². The van der Waals surface area contributed by atoms with Crippen molar-refractivity contribution >= 4 is 21.9 Å². The highest BCUT2D eigenvalue weighted by molar-refractivity contribution is 5.84. The van der Waals surface area contributed by atoms with Gasteiger partial charge in [-0.15, -0.1) is 0 Å². The van der Waals surface area contributed by atoms with Gasteiger partial charge in [0.2, 0.25) is 5.82 Å². The summed E-state index contributed by atoms with van der Waals surface area (Å²) in [5.41, 5.74) is 7.67. The molecule has 3 aromatic heterocycles. The lowest BCUT2D eigenvalue weighted by molar-refractivity contribution is 0.182. The van der Waals surface area contributed by atoms with Crippen LogP contribution < -0.4 is 5.73 Å². The van der Waals surface area contributed by atoms with Crippen LogP contribution in [0, 0.1) is 4.91 Å². The number of benzene rings is 2. The standard InChI is InChI=1S/C24H20N4O5/c25-24(12-29,11-26-30)21-10-17-7-14(3-5-19(17)32-21)22-27-23(33-28-22)15-4-6-18-16(8-15)9-20(31-18)13-1-2-13/h3-10,13,29H,1-2,11-12,25H2. The Morgan fingerprint density at radius 1 is 1.03 bits per heavy atom. The third kappa shape index (κ3) is 3.42. The van der Waals surface area contributed by atoms with E-state index in [0.29, 0.717) is 23.2 Å². The van der Waals surface area contributed by atoms with Crippen molar-refractivity contribution in [2.24, 2.45) is 10.9 Å². The summed E-state index contributed by atoms with van der Waals surface area (Å²) >= 11 is 0. The van der Waals surface area contributed by atoms with Crippen LogP contribution in [-0.4, -0.2) is 28.4 Å². The summed E-state index contributed by atoms with van der Waals surface area (Å²) in [7, 11) is 0. The van der Waals surface area contributed by atoms with Crippen LogP contribution in [0.25, 0.3) is 44.8 Å². The minimum absolute atomic E-state index is 0.282. The van der Waals surface area contributed by atoms with Gasteiger partial charge in [-0.2, -0.15) is 9.89 Å². The van der Waals surface area contributed by atoms with Crippen LogP contribution in [0.1, 0.15) is 30.3 Å². The topological polar surface area (TPSA) is 141 Å². The van der Waals surface area contributed by atoms with Gasteiger partial charge < -0.3 is 24.2 Å². The van der Waals surface area contributed by atoms with Crippen molar-refractivity contribution in [1.29, 1.82) is 0 Å². The van der Waals surface area contributed by atoms with Gasteiger partial charge in [-0.05, 0) is 61.4 Å². The number of fused-ring (bicyclic) bond motifs is 2. The summed E-state index contributed by atoms with van der Waals surface area (Å²) in [6.07, 6.45) is 2.37. The third-order valence-electron chi connectivity index (χ3n) is 6.08. The largest absolute Gasteiger partial charge is 0.461 e. The predicted molar refractivity (Wildman–Crippen MR) is 120 cm³/mol. The smallest absolute Gasteiger partial charge is 0.258 e. The van der Waals surface area contributed by atoms with E-state index in [9.17, 15) is 10.0 Å².